The third-order valence-corrected chi connectivity index (χ3v) is 3.37. The van der Waals surface area contributed by atoms with Crippen LogP contribution in [0.1, 0.15) is 30.8 Å². The first-order valence-corrected chi connectivity index (χ1v) is 7.46. The van der Waals surface area contributed by atoms with E-state index in [1.807, 2.05) is 32.2 Å². The van der Waals surface area contributed by atoms with Gasteiger partial charge in [0.05, 0.1) is 12.2 Å². The van der Waals surface area contributed by atoms with Crippen LogP contribution in [0.5, 0.6) is 0 Å². The topological polar surface area (TPSA) is 55.0 Å². The van der Waals surface area contributed by atoms with Crippen molar-refractivity contribution >= 4 is 5.82 Å². The molecule has 0 radical (unpaired) electrons. The van der Waals surface area contributed by atoms with E-state index in [1.54, 1.807) is 0 Å². The van der Waals surface area contributed by atoms with Gasteiger partial charge in [-0.15, -0.1) is 0 Å². The van der Waals surface area contributed by atoms with E-state index < -0.39 is 0 Å². The fourth-order valence-corrected chi connectivity index (χ4v) is 2.33. The zero-order valence-electron chi connectivity index (χ0n) is 13.1. The first-order valence-electron chi connectivity index (χ1n) is 7.46. The number of aryl methyl sites for hydroxylation is 1. The highest BCUT2D eigenvalue weighted by Gasteiger charge is 2.08. The van der Waals surface area contributed by atoms with E-state index >= 15 is 0 Å². The molecule has 2 heterocycles. The first kappa shape index (κ1) is 15.4. The Labute approximate surface area is 127 Å². The number of pyridine rings is 2. The molecule has 0 fully saturated rings. The minimum absolute atomic E-state index is 0.163. The van der Waals surface area contributed by atoms with Crippen LogP contribution in [0.2, 0.25) is 0 Å². The third kappa shape index (κ3) is 4.53. The lowest BCUT2D eigenvalue weighted by atomic mass is 10.1. The van der Waals surface area contributed by atoms with Crippen molar-refractivity contribution in [1.29, 1.82) is 0 Å². The number of aromatic nitrogens is 2. The Morgan fingerprint density at radius 2 is 2.05 bits per heavy atom. The van der Waals surface area contributed by atoms with Gasteiger partial charge in [0.15, 0.2) is 0 Å². The van der Waals surface area contributed by atoms with Crippen molar-refractivity contribution in [3.05, 3.63) is 53.5 Å². The average molecular weight is 284 g/mol. The van der Waals surface area contributed by atoms with Gasteiger partial charge in [0.25, 0.3) is 0 Å². The van der Waals surface area contributed by atoms with Crippen LogP contribution in [-0.2, 0) is 13.0 Å². The Morgan fingerprint density at radius 3 is 2.62 bits per heavy atom. The molecule has 21 heavy (non-hydrogen) atoms. The van der Waals surface area contributed by atoms with Gasteiger partial charge < -0.3 is 10.6 Å². The van der Waals surface area contributed by atoms with Gasteiger partial charge in [-0.2, -0.15) is 0 Å². The van der Waals surface area contributed by atoms with E-state index in [9.17, 15) is 0 Å². The van der Waals surface area contributed by atoms with Gasteiger partial charge in [-0.3, -0.25) is 4.98 Å². The summed E-state index contributed by atoms with van der Waals surface area (Å²) in [7, 11) is 0. The summed E-state index contributed by atoms with van der Waals surface area (Å²) in [6.45, 7) is 7.83. The molecule has 0 bridgehead atoms. The summed E-state index contributed by atoms with van der Waals surface area (Å²) >= 11 is 0. The van der Waals surface area contributed by atoms with Crippen LogP contribution < -0.4 is 10.6 Å². The molecule has 0 amide bonds. The molecule has 4 heteroatoms. The Kier molecular flexibility index (Phi) is 5.28. The van der Waals surface area contributed by atoms with Crippen LogP contribution in [0.15, 0.2) is 36.5 Å². The van der Waals surface area contributed by atoms with Gasteiger partial charge >= 0.3 is 0 Å². The highest BCUT2D eigenvalue weighted by atomic mass is 15.2. The molecule has 0 saturated carbocycles. The maximum Gasteiger partial charge on any atom is 0.128 e. The Balaban J connectivity index is 2.10. The summed E-state index contributed by atoms with van der Waals surface area (Å²) in [6.07, 6.45) is 2.78. The van der Waals surface area contributed by atoms with Gasteiger partial charge in [0, 0.05) is 24.5 Å². The third-order valence-electron chi connectivity index (χ3n) is 3.37. The van der Waals surface area contributed by atoms with E-state index in [2.05, 4.69) is 40.0 Å². The smallest absolute Gasteiger partial charge is 0.128 e. The summed E-state index contributed by atoms with van der Waals surface area (Å²) < 4.78 is 0. The molecule has 2 N–H and O–H groups in total. The summed E-state index contributed by atoms with van der Waals surface area (Å²) in [5.74, 6) is 0.981. The normalized spacial score (nSPS) is 12.2. The van der Waals surface area contributed by atoms with Crippen molar-refractivity contribution in [2.45, 2.75) is 39.8 Å². The van der Waals surface area contributed by atoms with Crippen LogP contribution in [0, 0.1) is 6.92 Å². The lowest BCUT2D eigenvalue weighted by Crippen LogP contribution is -2.24. The number of hydrogen-bond acceptors (Lipinski definition) is 4. The zero-order chi connectivity index (χ0) is 15.2. The van der Waals surface area contributed by atoms with Gasteiger partial charge in [-0.05, 0) is 51.0 Å². The molecule has 0 spiro atoms. The molecule has 112 valence electrons. The minimum Gasteiger partial charge on any atom is -0.351 e. The predicted molar refractivity (Wildman–Crippen MR) is 87.3 cm³/mol. The number of hydrogen-bond donors (Lipinski definition) is 1. The van der Waals surface area contributed by atoms with Gasteiger partial charge in [0.2, 0.25) is 0 Å². The molecule has 4 nitrogen and oxygen atoms in total. The fourth-order valence-electron chi connectivity index (χ4n) is 2.33. The van der Waals surface area contributed by atoms with Crippen molar-refractivity contribution in [3.8, 4) is 0 Å². The molecule has 1 atom stereocenters. The Hall–Kier alpha value is -1.94. The van der Waals surface area contributed by atoms with Crippen LogP contribution in [0.3, 0.4) is 0 Å². The molecular formula is C17H24N4. The SMILES string of the molecule is CCN(Cc1cccc(C)n1)c1ccc(CC(C)N)cn1. The first-order chi connectivity index (χ1) is 10.1. The quantitative estimate of drug-likeness (QED) is 0.886. The van der Waals surface area contributed by atoms with Crippen LogP contribution in [-0.4, -0.2) is 22.6 Å². The van der Waals surface area contributed by atoms with Crippen LogP contribution in [0.4, 0.5) is 5.82 Å². The summed E-state index contributed by atoms with van der Waals surface area (Å²) in [5.41, 5.74) is 9.11. The van der Waals surface area contributed by atoms with E-state index in [0.717, 1.165) is 36.7 Å². The van der Waals surface area contributed by atoms with Gasteiger partial charge in [0.1, 0.15) is 5.82 Å². The summed E-state index contributed by atoms with van der Waals surface area (Å²) in [5, 5.41) is 0. The molecule has 0 aliphatic heterocycles. The lowest BCUT2D eigenvalue weighted by Gasteiger charge is -2.22. The maximum absolute atomic E-state index is 5.82. The monoisotopic (exact) mass is 284 g/mol. The zero-order valence-corrected chi connectivity index (χ0v) is 13.1. The molecule has 0 aliphatic rings. The standard InChI is InChI=1S/C17H24N4/c1-4-21(12-16-7-5-6-14(3)20-16)17-9-8-15(11-19-17)10-13(2)18/h5-9,11,13H,4,10,12,18H2,1-3H3. The summed E-state index contributed by atoms with van der Waals surface area (Å²) in [6, 6.07) is 10.5. The highest BCUT2D eigenvalue weighted by Crippen LogP contribution is 2.15. The number of nitrogens with zero attached hydrogens (tertiary/aromatic N) is 3. The molecule has 2 rings (SSSR count). The van der Waals surface area contributed by atoms with Crippen molar-refractivity contribution in [3.63, 3.8) is 0 Å². The second-order valence-electron chi connectivity index (χ2n) is 5.49. The van der Waals surface area contributed by atoms with Crippen molar-refractivity contribution in [1.82, 2.24) is 9.97 Å². The minimum atomic E-state index is 0.163. The van der Waals surface area contributed by atoms with Crippen molar-refractivity contribution in [2.75, 3.05) is 11.4 Å². The van der Waals surface area contributed by atoms with Gasteiger partial charge in [-0.25, -0.2) is 4.98 Å². The van der Waals surface area contributed by atoms with Crippen LogP contribution in [0.25, 0.3) is 0 Å². The predicted octanol–water partition coefficient (Wildman–Crippen LogP) is 2.70. The number of anilines is 1. The number of nitrogens with two attached hydrogens (primary N) is 1. The molecule has 0 saturated heterocycles. The molecular weight excluding hydrogens is 260 g/mol. The largest absolute Gasteiger partial charge is 0.351 e. The maximum atomic E-state index is 5.82. The van der Waals surface area contributed by atoms with E-state index in [0.29, 0.717) is 0 Å². The fraction of sp³-hybridized carbons (Fsp3) is 0.412. The molecule has 2 aromatic rings. The highest BCUT2D eigenvalue weighted by molar-refractivity contribution is 5.40. The molecule has 2 aromatic heterocycles. The van der Waals surface area contributed by atoms with E-state index in [1.165, 1.54) is 5.56 Å². The Bertz CT molecular complexity index is 563. The van der Waals surface area contributed by atoms with Crippen molar-refractivity contribution < 1.29 is 0 Å². The number of rotatable bonds is 6. The van der Waals surface area contributed by atoms with Crippen molar-refractivity contribution in [2.24, 2.45) is 5.73 Å². The van der Waals surface area contributed by atoms with Crippen LogP contribution >= 0.6 is 0 Å². The molecule has 1 unspecified atom stereocenters. The Morgan fingerprint density at radius 1 is 1.24 bits per heavy atom. The van der Waals surface area contributed by atoms with E-state index in [4.69, 9.17) is 5.73 Å². The molecule has 0 aromatic carbocycles. The lowest BCUT2D eigenvalue weighted by molar-refractivity contribution is 0.733. The van der Waals surface area contributed by atoms with E-state index in [-0.39, 0.29) is 6.04 Å². The molecule has 0 aliphatic carbocycles. The second kappa shape index (κ2) is 7.18. The average Bonchev–Trinajstić information content (AvgIpc) is 2.45. The summed E-state index contributed by atoms with van der Waals surface area (Å²) in [4.78, 5) is 11.3. The van der Waals surface area contributed by atoms with Gasteiger partial charge in [-0.1, -0.05) is 12.1 Å². The second-order valence-corrected chi connectivity index (χ2v) is 5.49.